The molecule has 2 aromatic rings. The Bertz CT molecular complexity index is 552. The van der Waals surface area contributed by atoms with Crippen LogP contribution in [0.1, 0.15) is 15.9 Å². The highest BCUT2D eigenvalue weighted by molar-refractivity contribution is 5.94. The van der Waals surface area contributed by atoms with Crippen molar-refractivity contribution in [3.63, 3.8) is 0 Å². The molecular formula is C14H13NO3. The van der Waals surface area contributed by atoms with Crippen molar-refractivity contribution in [1.29, 1.82) is 0 Å². The molecule has 4 nitrogen and oxygen atoms in total. The number of rotatable bonds is 4. The number of ether oxygens (including phenoxy) is 1. The van der Waals surface area contributed by atoms with Gasteiger partial charge in [0.05, 0.1) is 5.56 Å². The number of anilines is 1. The van der Waals surface area contributed by atoms with E-state index in [4.69, 9.17) is 15.6 Å². The van der Waals surface area contributed by atoms with E-state index in [1.54, 1.807) is 6.07 Å². The predicted octanol–water partition coefficient (Wildman–Crippen LogP) is 2.55. The van der Waals surface area contributed by atoms with Gasteiger partial charge in [-0.3, -0.25) is 0 Å². The van der Waals surface area contributed by atoms with Gasteiger partial charge in [0, 0.05) is 5.69 Å². The summed E-state index contributed by atoms with van der Waals surface area (Å²) in [6.45, 7) is 0.393. The van der Waals surface area contributed by atoms with E-state index >= 15 is 0 Å². The van der Waals surface area contributed by atoms with Crippen LogP contribution in [-0.4, -0.2) is 11.1 Å². The van der Waals surface area contributed by atoms with Crippen molar-refractivity contribution < 1.29 is 14.6 Å². The Morgan fingerprint density at radius 2 is 1.89 bits per heavy atom. The number of benzene rings is 2. The molecule has 92 valence electrons. The molecule has 0 heterocycles. The minimum atomic E-state index is -1.06. The number of nitrogen functional groups attached to an aromatic ring is 1. The monoisotopic (exact) mass is 243 g/mol. The lowest BCUT2D eigenvalue weighted by Crippen LogP contribution is -2.03. The van der Waals surface area contributed by atoms with E-state index in [-0.39, 0.29) is 11.3 Å². The summed E-state index contributed by atoms with van der Waals surface area (Å²) in [6.07, 6.45) is 0. The summed E-state index contributed by atoms with van der Waals surface area (Å²) >= 11 is 0. The molecule has 0 aromatic heterocycles. The number of hydrogen-bond donors (Lipinski definition) is 2. The van der Waals surface area contributed by atoms with Crippen LogP contribution in [0.25, 0.3) is 0 Å². The van der Waals surface area contributed by atoms with Gasteiger partial charge in [-0.2, -0.15) is 0 Å². The van der Waals surface area contributed by atoms with Gasteiger partial charge in [0.1, 0.15) is 12.4 Å². The third kappa shape index (κ3) is 2.79. The summed E-state index contributed by atoms with van der Waals surface area (Å²) in [7, 11) is 0. The van der Waals surface area contributed by atoms with E-state index in [9.17, 15) is 4.79 Å². The largest absolute Gasteiger partial charge is 0.489 e. The van der Waals surface area contributed by atoms with E-state index < -0.39 is 5.97 Å². The van der Waals surface area contributed by atoms with Gasteiger partial charge >= 0.3 is 5.97 Å². The fourth-order valence-electron chi connectivity index (χ4n) is 1.55. The maximum absolute atomic E-state index is 10.9. The summed E-state index contributed by atoms with van der Waals surface area (Å²) < 4.78 is 5.52. The van der Waals surface area contributed by atoms with Crippen LogP contribution >= 0.6 is 0 Å². The van der Waals surface area contributed by atoms with Gasteiger partial charge < -0.3 is 15.6 Å². The molecule has 0 radical (unpaired) electrons. The first kappa shape index (κ1) is 12.0. The lowest BCUT2D eigenvalue weighted by atomic mass is 10.1. The second kappa shape index (κ2) is 5.23. The van der Waals surface area contributed by atoms with Gasteiger partial charge in [-0.15, -0.1) is 0 Å². The zero-order chi connectivity index (χ0) is 13.0. The maximum Gasteiger partial charge on any atom is 0.337 e. The Kier molecular flexibility index (Phi) is 3.48. The van der Waals surface area contributed by atoms with E-state index in [1.807, 2.05) is 30.3 Å². The SMILES string of the molecule is Nc1ccc(OCc2ccccc2)cc1C(=O)O. The Morgan fingerprint density at radius 3 is 2.56 bits per heavy atom. The van der Waals surface area contributed by atoms with Crippen molar-refractivity contribution in [3.05, 3.63) is 59.7 Å². The van der Waals surface area contributed by atoms with E-state index in [0.717, 1.165) is 5.56 Å². The number of carbonyl (C=O) groups is 1. The first-order chi connectivity index (χ1) is 8.66. The Morgan fingerprint density at radius 1 is 1.17 bits per heavy atom. The minimum absolute atomic E-state index is 0.0561. The number of nitrogens with two attached hydrogens (primary N) is 1. The second-order valence-electron chi connectivity index (χ2n) is 3.83. The van der Waals surface area contributed by atoms with Gasteiger partial charge in [0.25, 0.3) is 0 Å². The number of carboxylic acids is 1. The molecule has 0 bridgehead atoms. The standard InChI is InChI=1S/C14H13NO3/c15-13-7-6-11(8-12(13)14(16)17)18-9-10-4-2-1-3-5-10/h1-8H,9,15H2,(H,16,17). The van der Waals surface area contributed by atoms with Crippen LogP contribution in [0.15, 0.2) is 48.5 Å². The molecular weight excluding hydrogens is 230 g/mol. The molecule has 0 aliphatic heterocycles. The number of hydrogen-bond acceptors (Lipinski definition) is 3. The Balaban J connectivity index is 2.11. The highest BCUT2D eigenvalue weighted by Gasteiger charge is 2.09. The van der Waals surface area contributed by atoms with Crippen molar-refractivity contribution in [3.8, 4) is 5.75 Å². The molecule has 2 aromatic carbocycles. The van der Waals surface area contributed by atoms with Crippen molar-refractivity contribution in [2.24, 2.45) is 0 Å². The van der Waals surface area contributed by atoms with Crippen LogP contribution in [0.3, 0.4) is 0 Å². The van der Waals surface area contributed by atoms with Crippen molar-refractivity contribution in [2.75, 3.05) is 5.73 Å². The minimum Gasteiger partial charge on any atom is -0.489 e. The summed E-state index contributed by atoms with van der Waals surface area (Å²) in [5, 5.41) is 8.94. The van der Waals surface area contributed by atoms with Crippen LogP contribution in [0.4, 0.5) is 5.69 Å². The second-order valence-corrected chi connectivity index (χ2v) is 3.83. The van der Waals surface area contributed by atoms with Gasteiger partial charge in [-0.05, 0) is 23.8 Å². The summed E-state index contributed by atoms with van der Waals surface area (Å²) in [5.74, 6) is -0.567. The quantitative estimate of drug-likeness (QED) is 0.809. The average molecular weight is 243 g/mol. The first-order valence-electron chi connectivity index (χ1n) is 5.46. The fourth-order valence-corrected chi connectivity index (χ4v) is 1.55. The summed E-state index contributed by atoms with van der Waals surface area (Å²) in [6, 6.07) is 14.3. The lowest BCUT2D eigenvalue weighted by Gasteiger charge is -2.08. The lowest BCUT2D eigenvalue weighted by molar-refractivity contribution is 0.0697. The zero-order valence-corrected chi connectivity index (χ0v) is 9.67. The third-order valence-corrected chi connectivity index (χ3v) is 2.50. The Hall–Kier alpha value is -2.49. The smallest absolute Gasteiger partial charge is 0.337 e. The molecule has 0 fully saturated rings. The molecule has 0 saturated carbocycles. The first-order valence-corrected chi connectivity index (χ1v) is 5.46. The number of carboxylic acid groups (broad SMARTS) is 1. The van der Waals surface area contributed by atoms with E-state index in [2.05, 4.69) is 0 Å². The van der Waals surface area contributed by atoms with Gasteiger partial charge in [-0.25, -0.2) is 4.79 Å². The maximum atomic E-state index is 10.9. The zero-order valence-electron chi connectivity index (χ0n) is 9.67. The molecule has 0 spiro atoms. The molecule has 18 heavy (non-hydrogen) atoms. The van der Waals surface area contributed by atoms with Crippen molar-refractivity contribution in [2.45, 2.75) is 6.61 Å². The van der Waals surface area contributed by atoms with Crippen molar-refractivity contribution in [1.82, 2.24) is 0 Å². The van der Waals surface area contributed by atoms with Gasteiger partial charge in [0.15, 0.2) is 0 Å². The Labute approximate surface area is 105 Å². The predicted molar refractivity (Wildman–Crippen MR) is 68.6 cm³/mol. The molecule has 0 unspecified atom stereocenters. The molecule has 0 saturated heterocycles. The van der Waals surface area contributed by atoms with Crippen LogP contribution in [0, 0.1) is 0 Å². The van der Waals surface area contributed by atoms with Crippen molar-refractivity contribution >= 4 is 11.7 Å². The highest BCUT2D eigenvalue weighted by atomic mass is 16.5. The number of aromatic carboxylic acids is 1. The van der Waals surface area contributed by atoms with E-state index in [1.165, 1.54) is 12.1 Å². The van der Waals surface area contributed by atoms with Crippen LogP contribution in [0.2, 0.25) is 0 Å². The summed E-state index contributed by atoms with van der Waals surface area (Å²) in [4.78, 5) is 10.9. The molecule has 0 amide bonds. The van der Waals surface area contributed by atoms with Gasteiger partial charge in [0.2, 0.25) is 0 Å². The molecule has 3 N–H and O–H groups in total. The van der Waals surface area contributed by atoms with Gasteiger partial charge in [-0.1, -0.05) is 30.3 Å². The molecule has 0 atom stereocenters. The summed E-state index contributed by atoms with van der Waals surface area (Å²) in [5.41, 5.74) is 6.87. The average Bonchev–Trinajstić information content (AvgIpc) is 2.38. The topological polar surface area (TPSA) is 72.5 Å². The van der Waals surface area contributed by atoms with Crippen LogP contribution < -0.4 is 10.5 Å². The van der Waals surface area contributed by atoms with E-state index in [0.29, 0.717) is 12.4 Å². The highest BCUT2D eigenvalue weighted by Crippen LogP contribution is 2.20. The fraction of sp³-hybridized carbons (Fsp3) is 0.0714. The molecule has 4 heteroatoms. The molecule has 0 aliphatic rings. The third-order valence-electron chi connectivity index (χ3n) is 2.50. The molecule has 0 aliphatic carbocycles. The normalized spacial score (nSPS) is 10.0. The van der Waals surface area contributed by atoms with Crippen LogP contribution in [-0.2, 0) is 6.61 Å². The molecule has 2 rings (SSSR count). The van der Waals surface area contributed by atoms with Crippen LogP contribution in [0.5, 0.6) is 5.75 Å².